The van der Waals surface area contributed by atoms with Gasteiger partial charge in [0.05, 0.1) is 43.1 Å². The van der Waals surface area contributed by atoms with Crippen molar-refractivity contribution in [2.24, 2.45) is 10.2 Å². The smallest absolute Gasteiger partial charge is 0.269 e. The van der Waals surface area contributed by atoms with Gasteiger partial charge in [0.15, 0.2) is 16.7 Å². The Morgan fingerprint density at radius 2 is 1.83 bits per heavy atom. The minimum absolute atomic E-state index is 0.0139. The van der Waals surface area contributed by atoms with Gasteiger partial charge in [0, 0.05) is 12.1 Å². The Bertz CT molecular complexity index is 1320. The molecule has 11 heteroatoms. The number of amidine groups is 1. The van der Waals surface area contributed by atoms with Crippen molar-refractivity contribution in [3.05, 3.63) is 92.8 Å². The molecule has 0 N–H and O–H groups in total. The molecule has 0 radical (unpaired) electrons. The fraction of sp³-hybridized carbons (Fsp3) is 0.125. The predicted octanol–water partition coefficient (Wildman–Crippen LogP) is 4.71. The molecular weight excluding hydrogens is 472 g/mol. The second-order valence-corrected chi connectivity index (χ2v) is 8.18. The van der Waals surface area contributed by atoms with Crippen LogP contribution in [0, 0.1) is 10.1 Å². The Hall–Kier alpha value is -4.38. The van der Waals surface area contributed by atoms with Crippen LogP contribution in [0.5, 0.6) is 11.5 Å². The molecule has 178 valence electrons. The van der Waals surface area contributed by atoms with E-state index in [4.69, 9.17) is 13.9 Å². The molecule has 1 amide bonds. The molecule has 1 aliphatic rings. The van der Waals surface area contributed by atoms with Crippen LogP contribution in [-0.2, 0) is 11.3 Å². The number of ether oxygens (including phenoxy) is 2. The summed E-state index contributed by atoms with van der Waals surface area (Å²) in [5.41, 5.74) is 1.38. The summed E-state index contributed by atoms with van der Waals surface area (Å²) < 4.78 is 16.0. The molecule has 0 spiro atoms. The molecule has 10 nitrogen and oxygen atoms in total. The number of benzene rings is 2. The van der Waals surface area contributed by atoms with Crippen LogP contribution in [0.25, 0.3) is 6.08 Å². The summed E-state index contributed by atoms with van der Waals surface area (Å²) in [4.78, 5) is 25.5. The van der Waals surface area contributed by atoms with Gasteiger partial charge in [0.1, 0.15) is 5.76 Å². The summed E-state index contributed by atoms with van der Waals surface area (Å²) in [6.07, 6.45) is 4.74. The van der Waals surface area contributed by atoms with E-state index in [-0.39, 0.29) is 18.1 Å². The molecular formula is C24H20N4O6S. The third-order valence-electron chi connectivity index (χ3n) is 4.94. The molecule has 1 aromatic heterocycles. The van der Waals surface area contributed by atoms with Crippen molar-refractivity contribution >= 4 is 40.8 Å². The Morgan fingerprint density at radius 3 is 2.49 bits per heavy atom. The number of thioether (sulfide) groups is 1. The van der Waals surface area contributed by atoms with Gasteiger partial charge in [0.25, 0.3) is 11.6 Å². The van der Waals surface area contributed by atoms with Crippen LogP contribution < -0.4 is 9.47 Å². The lowest BCUT2D eigenvalue weighted by Crippen LogP contribution is -2.28. The summed E-state index contributed by atoms with van der Waals surface area (Å²) in [6, 6.07) is 14.8. The second-order valence-electron chi connectivity index (χ2n) is 7.17. The molecule has 4 rings (SSSR count). The van der Waals surface area contributed by atoms with Gasteiger partial charge in [-0.3, -0.25) is 19.8 Å². The summed E-state index contributed by atoms with van der Waals surface area (Å²) >= 11 is 1.18. The van der Waals surface area contributed by atoms with Crippen LogP contribution in [-0.4, -0.2) is 41.3 Å². The number of rotatable bonds is 8. The standard InChI is InChI=1S/C24H20N4O6S/c1-32-20-10-7-17(12-21(20)33-2)13-22-23(29)27(15-19-4-3-11-34-19)24(35-22)26-25-14-16-5-8-18(9-6-16)28(30)31/h3-14H,15H2,1-2H3/b22-13-,25-14+,26-24-. The van der Waals surface area contributed by atoms with Crippen LogP contribution in [0.2, 0.25) is 0 Å². The maximum Gasteiger partial charge on any atom is 0.269 e. The van der Waals surface area contributed by atoms with Gasteiger partial charge in [-0.05, 0) is 65.4 Å². The normalized spacial score (nSPS) is 15.9. The minimum atomic E-state index is -0.472. The first-order valence-electron chi connectivity index (χ1n) is 10.3. The number of hydrogen-bond donors (Lipinski definition) is 0. The van der Waals surface area contributed by atoms with Crippen molar-refractivity contribution in [3.63, 3.8) is 0 Å². The number of nitro groups is 1. The van der Waals surface area contributed by atoms with Gasteiger partial charge in [-0.2, -0.15) is 5.10 Å². The SMILES string of the molecule is COc1ccc(/C=C2\S/C(=N\N=C\c3ccc([N+](=O)[O-])cc3)N(Cc3ccco3)C2=O)cc1OC. The molecule has 2 heterocycles. The van der Waals surface area contributed by atoms with E-state index in [1.165, 1.54) is 41.3 Å². The van der Waals surface area contributed by atoms with Gasteiger partial charge < -0.3 is 13.9 Å². The predicted molar refractivity (Wildman–Crippen MR) is 132 cm³/mol. The monoisotopic (exact) mass is 492 g/mol. The quantitative estimate of drug-likeness (QED) is 0.193. The van der Waals surface area contributed by atoms with Crippen LogP contribution in [0.4, 0.5) is 5.69 Å². The van der Waals surface area contributed by atoms with Crippen LogP contribution in [0.15, 0.2) is 80.4 Å². The van der Waals surface area contributed by atoms with E-state index in [9.17, 15) is 14.9 Å². The number of nitro benzene ring substituents is 1. The number of hydrogen-bond acceptors (Lipinski definition) is 9. The van der Waals surface area contributed by atoms with Crippen molar-refractivity contribution < 1.29 is 23.6 Å². The first-order chi connectivity index (χ1) is 17.0. The van der Waals surface area contributed by atoms with Gasteiger partial charge in [-0.1, -0.05) is 6.07 Å². The molecule has 0 unspecified atom stereocenters. The van der Waals surface area contributed by atoms with Crippen molar-refractivity contribution in [3.8, 4) is 11.5 Å². The summed E-state index contributed by atoms with van der Waals surface area (Å²) in [6.45, 7) is 0.188. The van der Waals surface area contributed by atoms with Crippen molar-refractivity contribution in [1.82, 2.24) is 4.90 Å². The van der Waals surface area contributed by atoms with Crippen molar-refractivity contribution in [1.29, 1.82) is 0 Å². The number of carbonyl (C=O) groups excluding carboxylic acids is 1. The third-order valence-corrected chi connectivity index (χ3v) is 5.94. The zero-order valence-electron chi connectivity index (χ0n) is 18.8. The molecule has 0 bridgehead atoms. The van der Waals surface area contributed by atoms with E-state index >= 15 is 0 Å². The van der Waals surface area contributed by atoms with Crippen molar-refractivity contribution in [2.45, 2.75) is 6.54 Å². The fourth-order valence-corrected chi connectivity index (χ4v) is 4.14. The lowest BCUT2D eigenvalue weighted by Gasteiger charge is -2.12. The fourth-order valence-electron chi connectivity index (χ4n) is 3.20. The number of furan rings is 1. The molecule has 0 aliphatic carbocycles. The third kappa shape index (κ3) is 5.58. The maximum absolute atomic E-state index is 13.2. The van der Waals surface area contributed by atoms with E-state index in [1.54, 1.807) is 56.7 Å². The van der Waals surface area contributed by atoms with Crippen LogP contribution in [0.1, 0.15) is 16.9 Å². The number of amides is 1. The molecule has 2 aromatic carbocycles. The summed E-state index contributed by atoms with van der Waals surface area (Å²) in [5.74, 6) is 1.48. The Balaban J connectivity index is 1.61. The average molecular weight is 493 g/mol. The number of non-ortho nitro benzene ring substituents is 1. The highest BCUT2D eigenvalue weighted by atomic mass is 32.2. The molecule has 35 heavy (non-hydrogen) atoms. The van der Waals surface area contributed by atoms with E-state index < -0.39 is 4.92 Å². The first kappa shape index (κ1) is 23.8. The molecule has 1 fully saturated rings. The second kappa shape index (κ2) is 10.7. The molecule has 0 atom stereocenters. The molecule has 3 aromatic rings. The number of methoxy groups -OCH3 is 2. The average Bonchev–Trinajstić information content (AvgIpc) is 3.48. The zero-order valence-corrected chi connectivity index (χ0v) is 19.6. The first-order valence-corrected chi connectivity index (χ1v) is 11.1. The lowest BCUT2D eigenvalue weighted by molar-refractivity contribution is -0.384. The highest BCUT2D eigenvalue weighted by Gasteiger charge is 2.34. The number of nitrogens with zero attached hydrogens (tertiary/aromatic N) is 4. The highest BCUT2D eigenvalue weighted by Crippen LogP contribution is 2.35. The Labute approximate surface area is 204 Å². The Morgan fingerprint density at radius 1 is 1.09 bits per heavy atom. The number of carbonyl (C=O) groups is 1. The van der Waals surface area contributed by atoms with Gasteiger partial charge in [-0.25, -0.2) is 0 Å². The van der Waals surface area contributed by atoms with Crippen LogP contribution in [0.3, 0.4) is 0 Å². The zero-order chi connectivity index (χ0) is 24.8. The van der Waals surface area contributed by atoms with E-state index in [2.05, 4.69) is 10.2 Å². The van der Waals surface area contributed by atoms with Gasteiger partial charge in [0.2, 0.25) is 0 Å². The molecule has 0 saturated carbocycles. The molecule has 1 aliphatic heterocycles. The van der Waals surface area contributed by atoms with Crippen molar-refractivity contribution in [2.75, 3.05) is 14.2 Å². The van der Waals surface area contributed by atoms with Crippen LogP contribution >= 0.6 is 11.8 Å². The largest absolute Gasteiger partial charge is 0.493 e. The summed E-state index contributed by atoms with van der Waals surface area (Å²) in [5, 5.41) is 19.5. The molecule has 1 saturated heterocycles. The maximum atomic E-state index is 13.2. The lowest BCUT2D eigenvalue weighted by atomic mass is 10.2. The van der Waals surface area contributed by atoms with Gasteiger partial charge >= 0.3 is 0 Å². The minimum Gasteiger partial charge on any atom is -0.493 e. The Kier molecular flexibility index (Phi) is 7.27. The van der Waals surface area contributed by atoms with E-state index in [1.807, 2.05) is 6.07 Å². The van der Waals surface area contributed by atoms with E-state index in [0.29, 0.717) is 32.9 Å². The van der Waals surface area contributed by atoms with E-state index in [0.717, 1.165) is 5.56 Å². The summed E-state index contributed by atoms with van der Waals surface area (Å²) in [7, 11) is 3.10. The topological polar surface area (TPSA) is 120 Å². The van der Waals surface area contributed by atoms with Gasteiger partial charge in [-0.15, -0.1) is 5.10 Å². The highest BCUT2D eigenvalue weighted by molar-refractivity contribution is 8.18.